The number of phenols is 1. The Morgan fingerprint density at radius 3 is 2.38 bits per heavy atom. The molecule has 5 aliphatic rings. The number of carbonyl (C=O) groups is 2. The topological polar surface area (TPSA) is 79.2 Å². The Morgan fingerprint density at radius 2 is 1.81 bits per heavy atom. The molecule has 26 heavy (non-hydrogen) atoms. The number of aromatic hydroxyl groups is 1. The summed E-state index contributed by atoms with van der Waals surface area (Å²) in [6.07, 6.45) is 6.73. The van der Waals surface area contributed by atoms with E-state index in [2.05, 4.69) is 33.2 Å². The minimum atomic E-state index is -0.274. The molecular weight excluding hydrogens is 400 g/mol. The zero-order valence-electron chi connectivity index (χ0n) is 14.0. The maximum Gasteiger partial charge on any atom is 0.254 e. The van der Waals surface area contributed by atoms with Gasteiger partial charge < -0.3 is 9.84 Å². The fraction of sp³-hybridized carbons (Fsp3) is 0.421. The largest absolute Gasteiger partial charge is 0.506 e. The Kier molecular flexibility index (Phi) is 3.35. The lowest BCUT2D eigenvalue weighted by molar-refractivity contribution is -0.140. The third-order valence-corrected chi connectivity index (χ3v) is 6.86. The van der Waals surface area contributed by atoms with Crippen LogP contribution in [0.5, 0.6) is 11.5 Å². The van der Waals surface area contributed by atoms with Gasteiger partial charge in [-0.1, -0.05) is 12.2 Å². The van der Waals surface area contributed by atoms with E-state index in [1.807, 2.05) is 0 Å². The predicted octanol–water partition coefficient (Wildman–Crippen LogP) is 2.55. The van der Waals surface area contributed by atoms with Crippen molar-refractivity contribution in [3.63, 3.8) is 0 Å². The number of rotatable bonds is 3. The number of methoxy groups -OCH3 is 1. The Hall–Kier alpha value is -2.15. The van der Waals surface area contributed by atoms with Gasteiger partial charge in [0.2, 0.25) is 0 Å². The summed E-state index contributed by atoms with van der Waals surface area (Å²) < 4.78 is 5.63. The van der Waals surface area contributed by atoms with Gasteiger partial charge in [0.1, 0.15) is 11.5 Å². The molecule has 0 radical (unpaired) electrons. The smallest absolute Gasteiger partial charge is 0.254 e. The van der Waals surface area contributed by atoms with Gasteiger partial charge >= 0.3 is 0 Å². The minimum absolute atomic E-state index is 0.0194. The number of nitrogens with zero attached hydrogens (tertiary/aromatic N) is 2. The van der Waals surface area contributed by atoms with Gasteiger partial charge in [-0.3, -0.25) is 9.59 Å². The normalized spacial score (nSPS) is 36.6. The second kappa shape index (κ2) is 5.42. The molecule has 1 heterocycles. The Labute approximate surface area is 158 Å². The van der Waals surface area contributed by atoms with Crippen LogP contribution in [-0.2, 0) is 9.59 Å². The highest BCUT2D eigenvalue weighted by Gasteiger charge is 2.67. The first-order valence-electron chi connectivity index (χ1n) is 8.68. The van der Waals surface area contributed by atoms with E-state index in [4.69, 9.17) is 4.74 Å². The molecule has 6 rings (SSSR count). The van der Waals surface area contributed by atoms with Crippen LogP contribution in [0.3, 0.4) is 0 Å². The Morgan fingerprint density at radius 1 is 1.19 bits per heavy atom. The van der Waals surface area contributed by atoms with Gasteiger partial charge in [0.25, 0.3) is 11.8 Å². The van der Waals surface area contributed by atoms with E-state index in [9.17, 15) is 14.7 Å². The number of carbonyl (C=O) groups excluding carboxylic acids is 2. The molecule has 1 saturated heterocycles. The molecule has 0 spiro atoms. The summed E-state index contributed by atoms with van der Waals surface area (Å²) in [6.45, 7) is 0. The molecule has 6 atom stereocenters. The van der Waals surface area contributed by atoms with Crippen molar-refractivity contribution in [2.24, 2.45) is 40.6 Å². The van der Waals surface area contributed by atoms with Crippen molar-refractivity contribution in [1.29, 1.82) is 0 Å². The molecule has 2 saturated carbocycles. The summed E-state index contributed by atoms with van der Waals surface area (Å²) in [7, 11) is 1.52. The van der Waals surface area contributed by atoms with E-state index >= 15 is 0 Å². The molecule has 2 amide bonds. The SMILES string of the molecule is COc1cc(Br)c(O)c(/C=N\N2C(=O)[C@@H]3[C@H]4C=C[C@@H]([C@@H]5C[C@@H]45)[C@@H]3C2=O)c1. The van der Waals surface area contributed by atoms with Crippen molar-refractivity contribution in [1.82, 2.24) is 5.01 Å². The van der Waals surface area contributed by atoms with Crippen molar-refractivity contribution < 1.29 is 19.4 Å². The molecule has 7 heteroatoms. The van der Waals surface area contributed by atoms with Gasteiger partial charge in [-0.15, -0.1) is 0 Å². The first-order chi connectivity index (χ1) is 12.5. The highest BCUT2D eigenvalue weighted by Crippen LogP contribution is 2.65. The lowest BCUT2D eigenvalue weighted by atomic mass is 9.63. The first kappa shape index (κ1) is 16.1. The Balaban J connectivity index is 1.46. The van der Waals surface area contributed by atoms with Gasteiger partial charge in [-0.2, -0.15) is 10.1 Å². The fourth-order valence-electron chi connectivity index (χ4n) is 4.99. The second-order valence-corrected chi connectivity index (χ2v) is 8.29. The number of benzene rings is 1. The number of halogens is 1. The quantitative estimate of drug-likeness (QED) is 0.466. The second-order valence-electron chi connectivity index (χ2n) is 7.43. The van der Waals surface area contributed by atoms with Crippen molar-refractivity contribution >= 4 is 34.0 Å². The van der Waals surface area contributed by atoms with Crippen molar-refractivity contribution in [2.45, 2.75) is 6.42 Å². The number of imide groups is 1. The highest BCUT2D eigenvalue weighted by molar-refractivity contribution is 9.10. The van der Waals surface area contributed by atoms with Crippen LogP contribution in [-0.4, -0.2) is 35.3 Å². The molecular formula is C19H17BrN2O4. The highest BCUT2D eigenvalue weighted by atomic mass is 79.9. The van der Waals surface area contributed by atoms with Crippen molar-refractivity contribution in [3.05, 3.63) is 34.3 Å². The first-order valence-corrected chi connectivity index (χ1v) is 9.47. The van der Waals surface area contributed by atoms with E-state index in [0.29, 0.717) is 27.6 Å². The number of hydrazone groups is 1. The van der Waals surface area contributed by atoms with Gasteiger partial charge in [-0.05, 0) is 58.2 Å². The van der Waals surface area contributed by atoms with Gasteiger partial charge in [-0.25, -0.2) is 0 Å². The summed E-state index contributed by atoms with van der Waals surface area (Å²) in [5.41, 5.74) is 0.371. The third kappa shape index (κ3) is 2.06. The molecule has 6 nitrogen and oxygen atoms in total. The number of hydrogen-bond acceptors (Lipinski definition) is 5. The lowest BCUT2D eigenvalue weighted by Gasteiger charge is -2.37. The molecule has 0 unspecified atom stereocenters. The van der Waals surface area contributed by atoms with Crippen LogP contribution >= 0.6 is 15.9 Å². The van der Waals surface area contributed by atoms with E-state index in [1.165, 1.54) is 13.3 Å². The van der Waals surface area contributed by atoms with Gasteiger partial charge in [0.05, 0.1) is 29.6 Å². The van der Waals surface area contributed by atoms with Gasteiger partial charge in [0, 0.05) is 5.56 Å². The summed E-state index contributed by atoms with van der Waals surface area (Å²) in [4.78, 5) is 25.7. The number of amides is 2. The number of ether oxygens (including phenoxy) is 1. The van der Waals surface area contributed by atoms with Crippen LogP contribution in [0.4, 0.5) is 0 Å². The van der Waals surface area contributed by atoms with E-state index < -0.39 is 0 Å². The summed E-state index contributed by atoms with van der Waals surface area (Å²) in [6, 6.07) is 3.23. The molecule has 4 aliphatic carbocycles. The van der Waals surface area contributed by atoms with Crippen LogP contribution in [0.1, 0.15) is 12.0 Å². The van der Waals surface area contributed by atoms with Crippen molar-refractivity contribution in [2.75, 3.05) is 7.11 Å². The molecule has 2 bridgehead atoms. The molecule has 1 N–H and O–H groups in total. The minimum Gasteiger partial charge on any atom is -0.506 e. The standard InChI is InChI=1S/C19H17BrN2O4/c1-26-9-4-8(17(23)14(20)5-9)7-21-22-18(24)15-10-2-3-11(13-6-12(10)13)16(15)19(22)25/h2-5,7,10-13,15-16,23H,6H2,1H3/b21-7-/t10-,11-,12-,13-,15-,16+/m0/s1. The van der Waals surface area contributed by atoms with Crippen LogP contribution in [0.15, 0.2) is 33.9 Å². The average molecular weight is 417 g/mol. The summed E-state index contributed by atoms with van der Waals surface area (Å²) >= 11 is 3.25. The maximum atomic E-state index is 12.9. The average Bonchev–Trinajstić information content (AvgIpc) is 3.42. The maximum absolute atomic E-state index is 12.9. The Bertz CT molecular complexity index is 860. The van der Waals surface area contributed by atoms with Crippen molar-refractivity contribution in [3.8, 4) is 11.5 Å². The van der Waals surface area contributed by atoms with Crippen LogP contribution in [0.2, 0.25) is 0 Å². The zero-order chi connectivity index (χ0) is 18.2. The van der Waals surface area contributed by atoms with E-state index in [1.54, 1.807) is 12.1 Å². The molecule has 1 aromatic carbocycles. The monoisotopic (exact) mass is 416 g/mol. The third-order valence-electron chi connectivity index (χ3n) is 6.25. The van der Waals surface area contributed by atoms with Crippen LogP contribution in [0.25, 0.3) is 0 Å². The number of hydrogen-bond donors (Lipinski definition) is 1. The molecule has 0 aromatic heterocycles. The summed E-state index contributed by atoms with van der Waals surface area (Å²) in [5, 5.41) is 15.3. The molecule has 1 aromatic rings. The van der Waals surface area contributed by atoms with Gasteiger partial charge in [0.15, 0.2) is 0 Å². The van der Waals surface area contributed by atoms with Crippen LogP contribution in [0, 0.1) is 35.5 Å². The van der Waals surface area contributed by atoms with Crippen LogP contribution < -0.4 is 4.74 Å². The fourth-order valence-corrected chi connectivity index (χ4v) is 5.44. The number of phenolic OH excluding ortho intramolecular Hbond substituents is 1. The number of allylic oxidation sites excluding steroid dienone is 2. The zero-order valence-corrected chi connectivity index (χ0v) is 15.6. The molecule has 1 aliphatic heterocycles. The van der Waals surface area contributed by atoms with E-state index in [-0.39, 0.29) is 41.2 Å². The molecule has 134 valence electrons. The lowest BCUT2D eigenvalue weighted by Crippen LogP contribution is -2.40. The van der Waals surface area contributed by atoms with E-state index in [0.717, 1.165) is 11.4 Å². The summed E-state index contributed by atoms with van der Waals surface area (Å²) in [5.74, 6) is 0.991. The predicted molar refractivity (Wildman–Crippen MR) is 96.5 cm³/mol. The molecule has 3 fully saturated rings.